The molecule has 4 N–H and O–H groups in total. The van der Waals surface area contributed by atoms with Gasteiger partial charge in [0, 0.05) is 31.9 Å². The number of fused-ring (bicyclic) bond motifs is 1. The number of nitrogens with two attached hydrogens (primary N) is 1. The number of rotatable bonds is 12. The minimum absolute atomic E-state index is 0.0500. The van der Waals surface area contributed by atoms with Crippen LogP contribution in [0.25, 0.3) is 11.2 Å². The molecule has 2 amide bonds. The van der Waals surface area contributed by atoms with Crippen LogP contribution < -0.4 is 16.4 Å². The van der Waals surface area contributed by atoms with Gasteiger partial charge in [0.1, 0.15) is 11.8 Å². The molecule has 2 aromatic heterocycles. The van der Waals surface area contributed by atoms with Crippen LogP contribution in [-0.4, -0.2) is 69.8 Å². The van der Waals surface area contributed by atoms with Gasteiger partial charge in [0.15, 0.2) is 11.5 Å². The van der Waals surface area contributed by atoms with Crippen molar-refractivity contribution in [3.8, 4) is 0 Å². The summed E-state index contributed by atoms with van der Waals surface area (Å²) in [7, 11) is 3.82. The zero-order valence-corrected chi connectivity index (χ0v) is 23.0. The maximum absolute atomic E-state index is 12.6. The number of nitrogens with one attached hydrogen (secondary N) is 2. The molecule has 0 radical (unpaired) electrons. The van der Waals surface area contributed by atoms with Crippen LogP contribution in [-0.2, 0) is 16.7 Å². The summed E-state index contributed by atoms with van der Waals surface area (Å²) in [5.74, 6) is 0.387. The second-order valence-corrected chi connectivity index (χ2v) is 10.6. The van der Waals surface area contributed by atoms with Gasteiger partial charge in [-0.15, -0.1) is 0 Å². The maximum atomic E-state index is 12.6. The molecule has 2 atom stereocenters. The van der Waals surface area contributed by atoms with Gasteiger partial charge in [-0.1, -0.05) is 39.8 Å². The summed E-state index contributed by atoms with van der Waals surface area (Å²) in [5, 5.41) is 6.06. The Labute approximate surface area is 220 Å². The number of likely N-dealkylation sites (N-methyl/N-ethyl adjacent to an activating group) is 1. The fourth-order valence-electron chi connectivity index (χ4n) is 4.23. The number of anilines is 2. The summed E-state index contributed by atoms with van der Waals surface area (Å²) in [5.41, 5.74) is 9.35. The number of imidazole rings is 1. The first-order valence-electron chi connectivity index (χ1n) is 12.9. The fraction of sp³-hybridized carbons (Fsp3) is 0.556. The number of hydrogen-bond acceptors (Lipinski definition) is 7. The van der Waals surface area contributed by atoms with E-state index in [1.54, 1.807) is 13.4 Å². The van der Waals surface area contributed by atoms with Crippen LogP contribution in [0.3, 0.4) is 0 Å². The number of ether oxygens (including phenoxy) is 1. The van der Waals surface area contributed by atoms with E-state index in [0.29, 0.717) is 11.3 Å². The zero-order chi connectivity index (χ0) is 27.0. The number of aromatic nitrogens is 4. The van der Waals surface area contributed by atoms with Crippen LogP contribution in [0.2, 0.25) is 0 Å². The van der Waals surface area contributed by atoms with Gasteiger partial charge < -0.3 is 30.6 Å². The number of methoxy groups -OCH3 is 1. The molecule has 3 rings (SSSR count). The molecule has 0 bridgehead atoms. The third-order valence-electron chi connectivity index (χ3n) is 6.67. The summed E-state index contributed by atoms with van der Waals surface area (Å²) in [6.45, 7) is 11.0. The molecular formula is C27H42N8O2. The van der Waals surface area contributed by atoms with Gasteiger partial charge in [0.25, 0.3) is 0 Å². The second-order valence-electron chi connectivity index (χ2n) is 10.6. The van der Waals surface area contributed by atoms with Crippen molar-refractivity contribution in [3.63, 3.8) is 0 Å². The second kappa shape index (κ2) is 12.8. The summed E-state index contributed by atoms with van der Waals surface area (Å²) < 4.78 is 7.71. The molecule has 202 valence electrons. The Hall–Kier alpha value is -3.24. The fourth-order valence-corrected chi connectivity index (χ4v) is 4.23. The number of nitrogens with zero attached hydrogens (tertiary/aromatic N) is 5. The highest BCUT2D eigenvalue weighted by Crippen LogP contribution is 2.23. The molecule has 3 aromatic rings. The van der Waals surface area contributed by atoms with Crippen LogP contribution >= 0.6 is 0 Å². The van der Waals surface area contributed by atoms with Crippen molar-refractivity contribution in [1.29, 1.82) is 0 Å². The van der Waals surface area contributed by atoms with Crippen molar-refractivity contribution < 1.29 is 9.53 Å². The highest BCUT2D eigenvalue weighted by Gasteiger charge is 2.17. The largest absolute Gasteiger partial charge is 0.382 e. The molecule has 0 saturated carbocycles. The Bertz CT molecular complexity index is 1140. The third-order valence-corrected chi connectivity index (χ3v) is 6.67. The van der Waals surface area contributed by atoms with Crippen LogP contribution in [0, 0.1) is 0 Å². The van der Waals surface area contributed by atoms with E-state index >= 15 is 0 Å². The first kappa shape index (κ1) is 28.3. The van der Waals surface area contributed by atoms with Gasteiger partial charge in [0.05, 0.1) is 12.4 Å². The van der Waals surface area contributed by atoms with Crippen molar-refractivity contribution in [2.45, 2.75) is 71.1 Å². The monoisotopic (exact) mass is 510 g/mol. The van der Waals surface area contributed by atoms with Gasteiger partial charge in [-0.2, -0.15) is 0 Å². The predicted octanol–water partition coefficient (Wildman–Crippen LogP) is 4.03. The Morgan fingerprint density at radius 3 is 2.54 bits per heavy atom. The Balaban J connectivity index is 1.43. The normalized spacial score (nSPS) is 13.6. The highest BCUT2D eigenvalue weighted by molar-refractivity contribution is 5.89. The summed E-state index contributed by atoms with van der Waals surface area (Å²) in [6, 6.07) is 7.94. The van der Waals surface area contributed by atoms with E-state index < -0.39 is 0 Å². The average Bonchev–Trinajstić information content (AvgIpc) is 3.28. The van der Waals surface area contributed by atoms with Gasteiger partial charge in [-0.3, -0.25) is 0 Å². The first-order chi connectivity index (χ1) is 17.6. The lowest BCUT2D eigenvalue weighted by atomic mass is 9.87. The number of nitrogen functional groups attached to an aromatic ring is 1. The lowest BCUT2D eigenvalue weighted by Gasteiger charge is -2.25. The van der Waals surface area contributed by atoms with E-state index in [1.807, 2.05) is 16.7 Å². The van der Waals surface area contributed by atoms with Gasteiger partial charge in [0.2, 0.25) is 0 Å². The standard InChI is InChI=1S/C27H42N8O2/c1-7-20(32-26(36)33-21-10-8-19(9-11-21)27(2,3)4)12-14-34(5)16-22(37-6)13-15-35-18-31-23-24(28)29-17-30-25(23)35/h8-11,17-18,20,22H,7,12-16H2,1-6H3,(H2,28,29,30)(H2,32,33,36). The molecule has 0 spiro atoms. The molecule has 0 fully saturated rings. The van der Waals surface area contributed by atoms with Crippen LogP contribution in [0.5, 0.6) is 0 Å². The van der Waals surface area contributed by atoms with Crippen LogP contribution in [0.4, 0.5) is 16.3 Å². The first-order valence-corrected chi connectivity index (χ1v) is 12.9. The molecule has 2 unspecified atom stereocenters. The molecule has 10 nitrogen and oxygen atoms in total. The number of carbonyl (C=O) groups excluding carboxylic acids is 1. The van der Waals surface area contributed by atoms with E-state index in [1.165, 1.54) is 11.9 Å². The van der Waals surface area contributed by atoms with Crippen LogP contribution in [0.1, 0.15) is 52.5 Å². The molecule has 37 heavy (non-hydrogen) atoms. The number of carbonyl (C=O) groups is 1. The topological polar surface area (TPSA) is 123 Å². The Morgan fingerprint density at radius 1 is 1.16 bits per heavy atom. The molecule has 0 aliphatic carbocycles. The van der Waals surface area contributed by atoms with Crippen molar-refractivity contribution in [3.05, 3.63) is 42.5 Å². The Kier molecular flexibility index (Phi) is 9.82. The number of urea groups is 1. The molecule has 1 aromatic carbocycles. The summed E-state index contributed by atoms with van der Waals surface area (Å²) in [6.07, 6.45) is 5.77. The SMILES string of the molecule is CCC(CCN(C)CC(CCn1cnc2c(N)ncnc21)OC)NC(=O)Nc1ccc(C(C)(C)C)cc1. The smallest absolute Gasteiger partial charge is 0.319 e. The number of hydrogen-bond donors (Lipinski definition) is 3. The molecule has 10 heteroatoms. The predicted molar refractivity (Wildman–Crippen MR) is 149 cm³/mol. The Morgan fingerprint density at radius 2 is 1.89 bits per heavy atom. The molecule has 0 aliphatic heterocycles. The van der Waals surface area contributed by atoms with Gasteiger partial charge in [-0.05, 0) is 56.0 Å². The maximum Gasteiger partial charge on any atom is 0.319 e. The number of aryl methyl sites for hydroxylation is 1. The van der Waals surface area contributed by atoms with Gasteiger partial charge >= 0.3 is 6.03 Å². The average molecular weight is 511 g/mol. The molecule has 0 saturated heterocycles. The molecular weight excluding hydrogens is 468 g/mol. The van der Waals surface area contributed by atoms with E-state index in [2.05, 4.69) is 77.4 Å². The number of amides is 2. The molecule has 0 aliphatic rings. The lowest BCUT2D eigenvalue weighted by Crippen LogP contribution is -2.40. The minimum Gasteiger partial charge on any atom is -0.382 e. The lowest BCUT2D eigenvalue weighted by molar-refractivity contribution is 0.0615. The van der Waals surface area contributed by atoms with Crippen molar-refractivity contribution >= 4 is 28.7 Å². The van der Waals surface area contributed by atoms with E-state index in [4.69, 9.17) is 10.5 Å². The van der Waals surface area contributed by atoms with E-state index in [9.17, 15) is 4.79 Å². The molecule has 2 heterocycles. The third kappa shape index (κ3) is 8.13. The van der Waals surface area contributed by atoms with Gasteiger partial charge in [-0.25, -0.2) is 19.7 Å². The highest BCUT2D eigenvalue weighted by atomic mass is 16.5. The van der Waals surface area contributed by atoms with Crippen molar-refractivity contribution in [1.82, 2.24) is 29.7 Å². The summed E-state index contributed by atoms with van der Waals surface area (Å²) in [4.78, 5) is 27.4. The van der Waals surface area contributed by atoms with E-state index in [-0.39, 0.29) is 23.6 Å². The zero-order valence-electron chi connectivity index (χ0n) is 23.0. The summed E-state index contributed by atoms with van der Waals surface area (Å²) >= 11 is 0. The van der Waals surface area contributed by atoms with Crippen LogP contribution in [0.15, 0.2) is 36.9 Å². The van der Waals surface area contributed by atoms with Crippen molar-refractivity contribution in [2.75, 3.05) is 38.3 Å². The minimum atomic E-state index is -0.176. The number of benzene rings is 1. The van der Waals surface area contributed by atoms with E-state index in [0.717, 1.165) is 50.2 Å². The van der Waals surface area contributed by atoms with Crippen molar-refractivity contribution in [2.24, 2.45) is 0 Å². The quantitative estimate of drug-likeness (QED) is 0.336.